The van der Waals surface area contributed by atoms with E-state index in [9.17, 15) is 18.4 Å². The molecule has 2 heterocycles. The number of alkyl halides is 2. The molecule has 0 radical (unpaired) electrons. The number of benzene rings is 3. The van der Waals surface area contributed by atoms with Crippen LogP contribution in [0.1, 0.15) is 22.3 Å². The summed E-state index contributed by atoms with van der Waals surface area (Å²) < 4.78 is 64.5. The standard InChI is InChI=1S/C26H20ClF4N3O3/c1-37-24(35)18-4-2-3-15(21(18)28)13-33-20-10-9-19(27)22(29)23(20)34(25(33)36)17-7-5-16(6-8-17)32-12-11-26(30,31)14-32/h2-10H,11-14H2,1H3. The van der Waals surface area contributed by atoms with E-state index in [2.05, 4.69) is 4.74 Å². The van der Waals surface area contributed by atoms with Crippen molar-refractivity contribution in [2.75, 3.05) is 25.1 Å². The first-order chi connectivity index (χ1) is 17.6. The highest BCUT2D eigenvalue weighted by Crippen LogP contribution is 2.32. The molecule has 192 valence electrons. The Balaban J connectivity index is 1.61. The number of ether oxygens (including phenoxy) is 1. The lowest BCUT2D eigenvalue weighted by molar-refractivity contribution is 0.0257. The Morgan fingerprint density at radius 1 is 1.03 bits per heavy atom. The summed E-state index contributed by atoms with van der Waals surface area (Å²) in [6.07, 6.45) is -0.251. The van der Waals surface area contributed by atoms with Crippen molar-refractivity contribution >= 4 is 34.3 Å². The third-order valence-electron chi connectivity index (χ3n) is 6.44. The number of halogens is 5. The van der Waals surface area contributed by atoms with Crippen LogP contribution in [0.3, 0.4) is 0 Å². The lowest BCUT2D eigenvalue weighted by atomic mass is 10.1. The second kappa shape index (κ2) is 9.26. The molecule has 0 atom stereocenters. The minimum atomic E-state index is -2.77. The average Bonchev–Trinajstić information content (AvgIpc) is 3.39. The van der Waals surface area contributed by atoms with Gasteiger partial charge in [0, 0.05) is 24.2 Å². The molecule has 0 aliphatic carbocycles. The summed E-state index contributed by atoms with van der Waals surface area (Å²) in [6.45, 7) is -0.529. The van der Waals surface area contributed by atoms with Crippen molar-refractivity contribution in [3.63, 3.8) is 0 Å². The van der Waals surface area contributed by atoms with Gasteiger partial charge in [0.2, 0.25) is 0 Å². The molecule has 37 heavy (non-hydrogen) atoms. The molecule has 1 saturated heterocycles. The normalized spacial score (nSPS) is 14.9. The van der Waals surface area contributed by atoms with Gasteiger partial charge in [-0.15, -0.1) is 0 Å². The fourth-order valence-corrected chi connectivity index (χ4v) is 4.73. The summed E-state index contributed by atoms with van der Waals surface area (Å²) in [7, 11) is 1.12. The zero-order valence-electron chi connectivity index (χ0n) is 19.5. The number of hydrogen-bond donors (Lipinski definition) is 0. The number of anilines is 1. The predicted molar refractivity (Wildman–Crippen MR) is 131 cm³/mol. The average molecular weight is 534 g/mol. The van der Waals surface area contributed by atoms with Gasteiger partial charge in [-0.3, -0.25) is 9.13 Å². The number of carbonyl (C=O) groups is 1. The Kier molecular flexibility index (Phi) is 6.23. The van der Waals surface area contributed by atoms with Gasteiger partial charge in [-0.25, -0.2) is 27.2 Å². The molecule has 0 saturated carbocycles. The fourth-order valence-electron chi connectivity index (χ4n) is 4.58. The zero-order valence-corrected chi connectivity index (χ0v) is 20.2. The Morgan fingerprint density at radius 2 is 1.73 bits per heavy atom. The second-order valence-electron chi connectivity index (χ2n) is 8.75. The van der Waals surface area contributed by atoms with E-state index in [1.54, 1.807) is 12.1 Å². The molecule has 4 aromatic rings. The summed E-state index contributed by atoms with van der Waals surface area (Å²) in [6, 6.07) is 13.1. The van der Waals surface area contributed by atoms with Crippen molar-refractivity contribution in [1.29, 1.82) is 0 Å². The Labute approximate surface area is 213 Å². The van der Waals surface area contributed by atoms with E-state index in [0.29, 0.717) is 5.69 Å². The van der Waals surface area contributed by atoms with Crippen molar-refractivity contribution in [2.24, 2.45) is 0 Å². The number of aromatic nitrogens is 2. The van der Waals surface area contributed by atoms with Crippen molar-refractivity contribution in [3.8, 4) is 5.69 Å². The van der Waals surface area contributed by atoms with E-state index in [-0.39, 0.29) is 52.4 Å². The van der Waals surface area contributed by atoms with Crippen LogP contribution in [0.2, 0.25) is 5.02 Å². The molecule has 1 fully saturated rings. The summed E-state index contributed by atoms with van der Waals surface area (Å²) >= 11 is 6.02. The number of fused-ring (bicyclic) bond motifs is 1. The van der Waals surface area contributed by atoms with Gasteiger partial charge in [0.15, 0.2) is 5.82 Å². The van der Waals surface area contributed by atoms with Crippen LogP contribution in [0.4, 0.5) is 23.2 Å². The second-order valence-corrected chi connectivity index (χ2v) is 9.15. The van der Waals surface area contributed by atoms with Crippen LogP contribution in [0.25, 0.3) is 16.7 Å². The van der Waals surface area contributed by atoms with Gasteiger partial charge in [-0.1, -0.05) is 23.7 Å². The third kappa shape index (κ3) is 4.35. The van der Waals surface area contributed by atoms with E-state index in [1.165, 1.54) is 51.9 Å². The summed E-state index contributed by atoms with van der Waals surface area (Å²) in [5, 5.41) is -0.215. The Bertz CT molecular complexity index is 1580. The summed E-state index contributed by atoms with van der Waals surface area (Å²) in [4.78, 5) is 27.0. The minimum Gasteiger partial charge on any atom is -0.465 e. The van der Waals surface area contributed by atoms with Crippen LogP contribution in [-0.2, 0) is 11.3 Å². The first kappa shape index (κ1) is 24.9. The lowest BCUT2D eigenvalue weighted by Crippen LogP contribution is -2.25. The predicted octanol–water partition coefficient (Wildman–Crippen LogP) is 5.40. The van der Waals surface area contributed by atoms with Gasteiger partial charge in [-0.05, 0) is 42.5 Å². The van der Waals surface area contributed by atoms with Crippen LogP contribution in [0.5, 0.6) is 0 Å². The molecular formula is C26H20ClF4N3O3. The maximum absolute atomic E-state index is 15.3. The van der Waals surface area contributed by atoms with E-state index >= 15 is 8.78 Å². The highest BCUT2D eigenvalue weighted by molar-refractivity contribution is 6.31. The fraction of sp³-hybridized carbons (Fsp3) is 0.231. The van der Waals surface area contributed by atoms with E-state index < -0.39 is 35.8 Å². The summed E-state index contributed by atoms with van der Waals surface area (Å²) in [5.74, 6) is -5.35. The van der Waals surface area contributed by atoms with E-state index in [4.69, 9.17) is 11.6 Å². The molecule has 0 N–H and O–H groups in total. The molecule has 0 amide bonds. The molecule has 1 aromatic heterocycles. The number of nitrogens with zero attached hydrogens (tertiary/aromatic N) is 3. The maximum Gasteiger partial charge on any atom is 0.340 e. The van der Waals surface area contributed by atoms with E-state index in [1.807, 2.05) is 0 Å². The van der Waals surface area contributed by atoms with Crippen LogP contribution in [0.15, 0.2) is 59.4 Å². The largest absolute Gasteiger partial charge is 0.465 e. The molecule has 1 aliphatic rings. The zero-order chi connectivity index (χ0) is 26.5. The van der Waals surface area contributed by atoms with Crippen LogP contribution >= 0.6 is 11.6 Å². The number of esters is 1. The molecule has 0 bridgehead atoms. The Morgan fingerprint density at radius 3 is 2.38 bits per heavy atom. The number of methoxy groups -OCH3 is 1. The SMILES string of the molecule is COC(=O)c1cccc(Cn2c(=O)n(-c3ccc(N4CCC(F)(F)C4)cc3)c3c(F)c(Cl)ccc32)c1F. The number of imidazole rings is 1. The van der Waals surface area contributed by atoms with Crippen molar-refractivity contribution < 1.29 is 27.1 Å². The molecule has 6 nitrogen and oxygen atoms in total. The van der Waals surface area contributed by atoms with Gasteiger partial charge < -0.3 is 9.64 Å². The van der Waals surface area contributed by atoms with Crippen LogP contribution < -0.4 is 10.6 Å². The van der Waals surface area contributed by atoms with E-state index in [0.717, 1.165) is 11.7 Å². The molecule has 3 aromatic carbocycles. The van der Waals surface area contributed by atoms with Gasteiger partial charge in [0.1, 0.15) is 11.3 Å². The molecule has 1 aliphatic heterocycles. The molecular weight excluding hydrogens is 514 g/mol. The topological polar surface area (TPSA) is 56.5 Å². The Hall–Kier alpha value is -3.79. The van der Waals surface area contributed by atoms with Crippen molar-refractivity contribution in [1.82, 2.24) is 9.13 Å². The highest BCUT2D eigenvalue weighted by atomic mass is 35.5. The first-order valence-corrected chi connectivity index (χ1v) is 11.7. The monoisotopic (exact) mass is 533 g/mol. The van der Waals surface area contributed by atoms with Gasteiger partial charge in [0.25, 0.3) is 5.92 Å². The van der Waals surface area contributed by atoms with Gasteiger partial charge >= 0.3 is 11.7 Å². The van der Waals surface area contributed by atoms with Gasteiger partial charge in [-0.2, -0.15) is 0 Å². The van der Waals surface area contributed by atoms with Crippen molar-refractivity contribution in [3.05, 3.63) is 92.9 Å². The molecule has 0 spiro atoms. The quantitative estimate of drug-likeness (QED) is 0.254. The number of carbonyl (C=O) groups excluding carboxylic acids is 1. The van der Waals surface area contributed by atoms with Crippen LogP contribution in [0, 0.1) is 11.6 Å². The van der Waals surface area contributed by atoms with Crippen molar-refractivity contribution in [2.45, 2.75) is 18.9 Å². The maximum atomic E-state index is 15.3. The summed E-state index contributed by atoms with van der Waals surface area (Å²) in [5.41, 5.74) is -0.120. The number of rotatable bonds is 5. The lowest BCUT2D eigenvalue weighted by Gasteiger charge is -2.18. The van der Waals surface area contributed by atoms with Gasteiger partial charge in [0.05, 0.1) is 42.0 Å². The molecule has 11 heteroatoms. The van der Waals surface area contributed by atoms with Crippen LogP contribution in [-0.4, -0.2) is 41.2 Å². The first-order valence-electron chi connectivity index (χ1n) is 11.3. The minimum absolute atomic E-state index is 0.0183. The molecule has 5 rings (SSSR count). The molecule has 0 unspecified atom stereocenters. The third-order valence-corrected chi connectivity index (χ3v) is 6.73. The highest BCUT2D eigenvalue weighted by Gasteiger charge is 2.38. The smallest absolute Gasteiger partial charge is 0.340 e. The number of hydrogen-bond acceptors (Lipinski definition) is 4.